The monoisotopic (exact) mass is 183 g/mol. The van der Waals surface area contributed by atoms with E-state index < -0.39 is 0 Å². The molecule has 0 aliphatic carbocycles. The molecule has 0 unspecified atom stereocenters. The number of nitrogens with zero attached hydrogens (tertiary/aromatic N) is 2. The highest BCUT2D eigenvalue weighted by molar-refractivity contribution is 5.23. The van der Waals surface area contributed by atoms with Gasteiger partial charge in [-0.2, -0.15) is 5.10 Å². The smallest absolute Gasteiger partial charge is 0.267 e. The molecule has 72 valence electrons. The van der Waals surface area contributed by atoms with Gasteiger partial charge >= 0.3 is 0 Å². The normalized spacial score (nSPS) is 10.7. The number of anilines is 1. The summed E-state index contributed by atoms with van der Waals surface area (Å²) < 4.78 is 1.39. The molecule has 1 heterocycles. The van der Waals surface area contributed by atoms with Crippen molar-refractivity contribution in [2.24, 2.45) is 0 Å². The van der Waals surface area contributed by atoms with E-state index in [-0.39, 0.29) is 5.56 Å². The van der Waals surface area contributed by atoms with Crippen molar-refractivity contribution in [2.45, 2.75) is 6.54 Å². The third-order valence-corrected chi connectivity index (χ3v) is 1.71. The Labute approximate surface area is 76.8 Å². The molecule has 0 aliphatic rings. The number of nitrogens with two attached hydrogens (primary N) is 1. The zero-order valence-electron chi connectivity index (χ0n) is 7.95. The van der Waals surface area contributed by atoms with E-state index in [4.69, 9.17) is 5.73 Å². The van der Waals surface area contributed by atoms with Gasteiger partial charge in [0, 0.05) is 6.07 Å². The Kier molecular flexibility index (Phi) is 3.02. The summed E-state index contributed by atoms with van der Waals surface area (Å²) in [7, 11) is 4.05. The van der Waals surface area contributed by atoms with E-state index >= 15 is 0 Å². The average Bonchev–Trinajstić information content (AvgIpc) is 2.06. The van der Waals surface area contributed by atoms with Gasteiger partial charge in [0.1, 0.15) is 5.82 Å². The van der Waals surface area contributed by atoms with E-state index in [1.807, 2.05) is 14.1 Å². The number of nitrogen functional groups attached to an aromatic ring is 1. The molecular weight excluding hydrogens is 168 g/mol. The van der Waals surface area contributed by atoms with Crippen LogP contribution >= 0.6 is 0 Å². The molecule has 3 N–H and O–H groups in total. The van der Waals surface area contributed by atoms with Gasteiger partial charge in [-0.15, -0.1) is 0 Å². The molecule has 0 aromatic carbocycles. The fourth-order valence-corrected chi connectivity index (χ4v) is 0.954. The van der Waals surface area contributed by atoms with Gasteiger partial charge in [0.15, 0.2) is 0 Å². The summed E-state index contributed by atoms with van der Waals surface area (Å²) in [4.78, 5) is 12.5. The van der Waals surface area contributed by atoms with Crippen LogP contribution in [0.2, 0.25) is 0 Å². The van der Waals surface area contributed by atoms with Gasteiger partial charge < -0.3 is 10.6 Å². The number of likely N-dealkylation sites (N-methyl/N-ethyl adjacent to an activating group) is 1. The van der Waals surface area contributed by atoms with Crippen molar-refractivity contribution in [3.63, 3.8) is 0 Å². The lowest BCUT2D eigenvalue weighted by molar-refractivity contribution is -0.859. The first-order valence-corrected chi connectivity index (χ1v) is 4.22. The molecule has 0 fully saturated rings. The second-order valence-corrected chi connectivity index (χ2v) is 3.28. The van der Waals surface area contributed by atoms with Gasteiger partial charge in [-0.1, -0.05) is 0 Å². The summed E-state index contributed by atoms with van der Waals surface area (Å²) in [6, 6.07) is 2.95. The fourth-order valence-electron chi connectivity index (χ4n) is 0.954. The Morgan fingerprint density at radius 3 is 2.85 bits per heavy atom. The van der Waals surface area contributed by atoms with Crippen molar-refractivity contribution in [3.8, 4) is 0 Å². The third-order valence-electron chi connectivity index (χ3n) is 1.71. The summed E-state index contributed by atoms with van der Waals surface area (Å²) in [6.45, 7) is 1.46. The first-order valence-electron chi connectivity index (χ1n) is 4.22. The maximum Gasteiger partial charge on any atom is 0.267 e. The molecule has 0 atom stereocenters. The minimum Gasteiger partial charge on any atom is -0.382 e. The van der Waals surface area contributed by atoms with Crippen LogP contribution in [0, 0.1) is 0 Å². The predicted octanol–water partition coefficient (Wildman–Crippen LogP) is -2.03. The van der Waals surface area contributed by atoms with E-state index in [0.29, 0.717) is 12.4 Å². The van der Waals surface area contributed by atoms with Crippen LogP contribution in [0.5, 0.6) is 0 Å². The predicted molar refractivity (Wildman–Crippen MR) is 50.6 cm³/mol. The van der Waals surface area contributed by atoms with Gasteiger partial charge in [0.05, 0.1) is 27.2 Å². The fraction of sp³-hybridized carbons (Fsp3) is 0.500. The van der Waals surface area contributed by atoms with E-state index in [0.717, 1.165) is 6.54 Å². The average molecular weight is 183 g/mol. The van der Waals surface area contributed by atoms with E-state index in [9.17, 15) is 4.79 Å². The number of hydrogen-bond acceptors (Lipinski definition) is 3. The van der Waals surface area contributed by atoms with Crippen molar-refractivity contribution < 1.29 is 4.90 Å². The second-order valence-electron chi connectivity index (χ2n) is 3.28. The van der Waals surface area contributed by atoms with E-state index in [2.05, 4.69) is 5.10 Å². The Hall–Kier alpha value is -1.36. The van der Waals surface area contributed by atoms with E-state index in [1.165, 1.54) is 21.7 Å². The van der Waals surface area contributed by atoms with Crippen molar-refractivity contribution in [1.82, 2.24) is 9.78 Å². The van der Waals surface area contributed by atoms with Crippen LogP contribution in [0.4, 0.5) is 5.82 Å². The summed E-state index contributed by atoms with van der Waals surface area (Å²) in [5.41, 5.74) is 5.35. The van der Waals surface area contributed by atoms with Crippen LogP contribution in [0.15, 0.2) is 16.9 Å². The first-order chi connectivity index (χ1) is 6.09. The van der Waals surface area contributed by atoms with Crippen LogP contribution < -0.4 is 16.2 Å². The minimum absolute atomic E-state index is 0.101. The highest BCUT2D eigenvalue weighted by atomic mass is 16.1. The summed E-state index contributed by atoms with van der Waals surface area (Å²) in [6.07, 6.45) is 0. The molecule has 0 spiro atoms. The molecule has 0 saturated heterocycles. The molecule has 1 aromatic rings. The molecule has 13 heavy (non-hydrogen) atoms. The van der Waals surface area contributed by atoms with Gasteiger partial charge in [-0.3, -0.25) is 4.79 Å². The molecule has 1 rings (SSSR count). The maximum atomic E-state index is 11.2. The number of rotatable bonds is 3. The Bertz CT molecular complexity index is 331. The van der Waals surface area contributed by atoms with Crippen molar-refractivity contribution in [1.29, 1.82) is 0 Å². The topological polar surface area (TPSA) is 65.3 Å². The molecular formula is C8H15N4O+. The number of hydrogen-bond donors (Lipinski definition) is 2. The largest absolute Gasteiger partial charge is 0.382 e. The lowest BCUT2D eigenvalue weighted by Gasteiger charge is -2.07. The Morgan fingerprint density at radius 2 is 2.23 bits per heavy atom. The molecule has 0 bridgehead atoms. The zero-order valence-corrected chi connectivity index (χ0v) is 7.95. The summed E-state index contributed by atoms with van der Waals surface area (Å²) in [5, 5.41) is 3.91. The number of aromatic nitrogens is 2. The SMILES string of the molecule is C[NH+](C)CCn1nc(N)ccc1=O. The molecule has 0 saturated carbocycles. The van der Waals surface area contributed by atoms with Gasteiger partial charge in [0.2, 0.25) is 0 Å². The Morgan fingerprint density at radius 1 is 1.54 bits per heavy atom. The van der Waals surface area contributed by atoms with Crippen LogP contribution in [-0.2, 0) is 6.54 Å². The number of quaternary nitrogens is 1. The highest BCUT2D eigenvalue weighted by Gasteiger charge is 1.99. The van der Waals surface area contributed by atoms with Gasteiger partial charge in [0.25, 0.3) is 5.56 Å². The summed E-state index contributed by atoms with van der Waals surface area (Å²) >= 11 is 0. The van der Waals surface area contributed by atoms with Gasteiger partial charge in [-0.05, 0) is 6.07 Å². The summed E-state index contributed by atoms with van der Waals surface area (Å²) in [5.74, 6) is 0.383. The first kappa shape index (κ1) is 9.73. The third kappa shape index (κ3) is 2.87. The van der Waals surface area contributed by atoms with E-state index in [1.54, 1.807) is 0 Å². The van der Waals surface area contributed by atoms with Crippen LogP contribution in [-0.4, -0.2) is 30.4 Å². The molecule has 0 radical (unpaired) electrons. The standard InChI is InChI=1S/C8H14N4O/c1-11(2)5-6-12-8(13)4-3-7(9)10-12/h3-4H,5-6H2,1-2H3,(H2,9,10)/p+1. The van der Waals surface area contributed by atoms with Gasteiger partial charge in [-0.25, -0.2) is 4.68 Å². The van der Waals surface area contributed by atoms with Crippen LogP contribution in [0.25, 0.3) is 0 Å². The Balaban J connectivity index is 2.76. The minimum atomic E-state index is -0.101. The second kappa shape index (κ2) is 4.04. The maximum absolute atomic E-state index is 11.2. The lowest BCUT2D eigenvalue weighted by atomic mass is 10.5. The number of nitrogens with one attached hydrogen (secondary N) is 1. The van der Waals surface area contributed by atoms with Crippen molar-refractivity contribution >= 4 is 5.82 Å². The molecule has 5 nitrogen and oxygen atoms in total. The molecule has 5 heteroatoms. The zero-order chi connectivity index (χ0) is 9.84. The lowest BCUT2D eigenvalue weighted by Crippen LogP contribution is -3.06. The molecule has 0 amide bonds. The van der Waals surface area contributed by atoms with Crippen LogP contribution in [0.3, 0.4) is 0 Å². The quantitative estimate of drug-likeness (QED) is 0.568. The van der Waals surface area contributed by atoms with Crippen LogP contribution in [0.1, 0.15) is 0 Å². The van der Waals surface area contributed by atoms with Crippen molar-refractivity contribution in [2.75, 3.05) is 26.4 Å². The molecule has 1 aromatic heterocycles. The van der Waals surface area contributed by atoms with Crippen molar-refractivity contribution in [3.05, 3.63) is 22.5 Å². The molecule has 0 aliphatic heterocycles. The highest BCUT2D eigenvalue weighted by Crippen LogP contribution is 1.87.